The van der Waals surface area contributed by atoms with Crippen LogP contribution in [0.2, 0.25) is 0 Å². The molecule has 3 nitrogen and oxygen atoms in total. The maximum Gasteiger partial charge on any atom is 0.336 e. The first-order chi connectivity index (χ1) is 14.4. The summed E-state index contributed by atoms with van der Waals surface area (Å²) in [4.78, 5) is 16.7. The molecule has 0 fully saturated rings. The lowest BCUT2D eigenvalue weighted by molar-refractivity contribution is 0.0698. The summed E-state index contributed by atoms with van der Waals surface area (Å²) in [6, 6.07) is 14.6. The summed E-state index contributed by atoms with van der Waals surface area (Å²) in [5.74, 6) is -1.88. The van der Waals surface area contributed by atoms with Gasteiger partial charge in [-0.15, -0.1) is 9.24 Å². The van der Waals surface area contributed by atoms with E-state index in [4.69, 9.17) is 0 Å². The maximum atomic E-state index is 14.4. The Morgan fingerprint density at radius 3 is 2.63 bits per heavy atom. The van der Waals surface area contributed by atoms with E-state index in [-0.39, 0.29) is 11.4 Å². The van der Waals surface area contributed by atoms with E-state index >= 15 is 0 Å². The second-order valence-corrected chi connectivity index (χ2v) is 7.98. The number of aryl methyl sites for hydroxylation is 1. The Bertz CT molecular complexity index is 1350. The molecule has 148 valence electrons. The zero-order chi connectivity index (χ0) is 21.0. The third-order valence-electron chi connectivity index (χ3n) is 5.60. The predicted molar refractivity (Wildman–Crippen MR) is 116 cm³/mol. The Morgan fingerprint density at radius 2 is 1.87 bits per heavy atom. The molecule has 1 aliphatic carbocycles. The Morgan fingerprint density at radius 1 is 1.03 bits per heavy atom. The number of hydrogen-bond acceptors (Lipinski definition) is 2. The molecule has 0 amide bonds. The van der Waals surface area contributed by atoms with E-state index in [9.17, 15) is 18.7 Å². The lowest BCUT2D eigenvalue weighted by Crippen LogP contribution is -2.13. The van der Waals surface area contributed by atoms with Crippen LogP contribution in [-0.4, -0.2) is 16.1 Å². The van der Waals surface area contributed by atoms with Crippen molar-refractivity contribution in [2.75, 3.05) is 0 Å². The van der Waals surface area contributed by atoms with Gasteiger partial charge in [-0.25, -0.2) is 18.6 Å². The number of fused-ring (bicyclic) bond motifs is 4. The molecule has 0 spiro atoms. The Labute approximate surface area is 173 Å². The van der Waals surface area contributed by atoms with Crippen molar-refractivity contribution in [1.82, 2.24) is 4.98 Å². The number of carbonyl (C=O) groups is 1. The van der Waals surface area contributed by atoms with Gasteiger partial charge in [-0.3, -0.25) is 0 Å². The van der Waals surface area contributed by atoms with Crippen LogP contribution in [-0.2, 0) is 12.8 Å². The summed E-state index contributed by atoms with van der Waals surface area (Å²) in [7, 11) is 2.56. The van der Waals surface area contributed by atoms with Crippen LogP contribution in [0.4, 0.5) is 8.78 Å². The van der Waals surface area contributed by atoms with E-state index in [0.717, 1.165) is 22.0 Å². The quantitative estimate of drug-likeness (QED) is 0.458. The average Bonchev–Trinajstić information content (AvgIpc) is 2.71. The van der Waals surface area contributed by atoms with Crippen LogP contribution in [0.25, 0.3) is 33.3 Å². The number of benzene rings is 3. The lowest BCUT2D eigenvalue weighted by Gasteiger charge is -2.23. The van der Waals surface area contributed by atoms with Crippen molar-refractivity contribution in [3.63, 3.8) is 0 Å². The molecule has 1 aliphatic rings. The fourth-order valence-corrected chi connectivity index (χ4v) is 4.69. The molecule has 1 heterocycles. The van der Waals surface area contributed by atoms with E-state index in [2.05, 4.69) is 14.2 Å². The molecule has 0 saturated heterocycles. The zero-order valence-corrected chi connectivity index (χ0v) is 16.9. The highest BCUT2D eigenvalue weighted by Gasteiger charge is 2.26. The fraction of sp³-hybridized carbons (Fsp3) is 0.0833. The first kappa shape index (κ1) is 18.8. The summed E-state index contributed by atoms with van der Waals surface area (Å²) in [5.41, 5.74) is 4.85. The molecule has 1 aromatic heterocycles. The van der Waals surface area contributed by atoms with Crippen molar-refractivity contribution in [1.29, 1.82) is 0 Å². The first-order valence-corrected chi connectivity index (χ1v) is 10.0. The minimum Gasteiger partial charge on any atom is -0.478 e. The largest absolute Gasteiger partial charge is 0.478 e. The van der Waals surface area contributed by atoms with Gasteiger partial charge < -0.3 is 5.11 Å². The number of nitrogens with zero attached hydrogens (tertiary/aromatic N) is 1. The van der Waals surface area contributed by atoms with Crippen LogP contribution in [0, 0.1) is 11.6 Å². The van der Waals surface area contributed by atoms with Crippen LogP contribution in [0.5, 0.6) is 0 Å². The van der Waals surface area contributed by atoms with Crippen LogP contribution in [0.1, 0.15) is 21.5 Å². The summed E-state index contributed by atoms with van der Waals surface area (Å²) in [5, 5.41) is 10.9. The number of carboxylic acids is 1. The SMILES string of the molecule is O=C(O)c1c2c(nc3ccc(F)cc13)-c1ccc(-c3c(F)cccc3P)cc1CC2. The van der Waals surface area contributed by atoms with Gasteiger partial charge in [0.2, 0.25) is 0 Å². The fourth-order valence-electron chi connectivity index (χ4n) is 4.28. The van der Waals surface area contributed by atoms with Crippen molar-refractivity contribution in [3.8, 4) is 22.4 Å². The highest BCUT2D eigenvalue weighted by molar-refractivity contribution is 7.28. The molecular weight excluding hydrogens is 403 g/mol. The number of pyridine rings is 1. The van der Waals surface area contributed by atoms with Gasteiger partial charge in [-0.2, -0.15) is 0 Å². The normalized spacial score (nSPS) is 12.5. The van der Waals surface area contributed by atoms with Gasteiger partial charge in [-0.1, -0.05) is 30.3 Å². The minimum atomic E-state index is -1.09. The molecule has 1 atom stereocenters. The Kier molecular flexibility index (Phi) is 4.37. The molecule has 1 N–H and O–H groups in total. The van der Waals surface area contributed by atoms with E-state index in [0.29, 0.717) is 40.6 Å². The second kappa shape index (κ2) is 6.96. The molecule has 3 aromatic carbocycles. The molecular formula is C24H16F2NO2P. The summed E-state index contributed by atoms with van der Waals surface area (Å²) in [6.07, 6.45) is 1.07. The maximum absolute atomic E-state index is 14.4. The molecule has 0 aliphatic heterocycles. The minimum absolute atomic E-state index is 0.102. The van der Waals surface area contributed by atoms with E-state index in [1.54, 1.807) is 6.07 Å². The number of rotatable bonds is 2. The van der Waals surface area contributed by atoms with Crippen molar-refractivity contribution < 1.29 is 18.7 Å². The van der Waals surface area contributed by atoms with Crippen molar-refractivity contribution in [3.05, 3.63) is 82.9 Å². The number of aromatic carboxylic acids is 1. The van der Waals surface area contributed by atoms with Crippen LogP contribution >= 0.6 is 9.24 Å². The smallest absolute Gasteiger partial charge is 0.336 e. The van der Waals surface area contributed by atoms with Gasteiger partial charge in [-0.05, 0) is 59.1 Å². The van der Waals surface area contributed by atoms with Gasteiger partial charge >= 0.3 is 5.97 Å². The molecule has 4 aromatic rings. The van der Waals surface area contributed by atoms with Crippen LogP contribution in [0.15, 0.2) is 54.6 Å². The molecule has 0 saturated carbocycles. The van der Waals surface area contributed by atoms with E-state index in [1.807, 2.05) is 24.3 Å². The summed E-state index contributed by atoms with van der Waals surface area (Å²) >= 11 is 0. The predicted octanol–water partition coefficient (Wildman–Crippen LogP) is 5.14. The van der Waals surface area contributed by atoms with E-state index in [1.165, 1.54) is 24.3 Å². The second-order valence-electron chi connectivity index (χ2n) is 7.36. The molecule has 0 bridgehead atoms. The monoisotopic (exact) mass is 419 g/mol. The van der Waals surface area contributed by atoms with Crippen molar-refractivity contribution in [2.24, 2.45) is 0 Å². The lowest BCUT2D eigenvalue weighted by atomic mass is 9.84. The number of halogens is 2. The zero-order valence-electron chi connectivity index (χ0n) is 15.7. The molecule has 6 heteroatoms. The Hall–Kier alpha value is -3.17. The molecule has 1 unspecified atom stereocenters. The summed E-state index contributed by atoms with van der Waals surface area (Å²) in [6.45, 7) is 0. The number of hydrogen-bond donors (Lipinski definition) is 1. The topological polar surface area (TPSA) is 50.2 Å². The van der Waals surface area contributed by atoms with Crippen LogP contribution in [0.3, 0.4) is 0 Å². The van der Waals surface area contributed by atoms with Gasteiger partial charge in [0.25, 0.3) is 0 Å². The van der Waals surface area contributed by atoms with Gasteiger partial charge in [0.15, 0.2) is 0 Å². The highest BCUT2D eigenvalue weighted by Crippen LogP contribution is 2.39. The van der Waals surface area contributed by atoms with Crippen molar-refractivity contribution in [2.45, 2.75) is 12.8 Å². The average molecular weight is 419 g/mol. The van der Waals surface area contributed by atoms with Crippen LogP contribution < -0.4 is 5.30 Å². The standard InChI is InChI=1S/C24H16F2NO2P/c25-14-6-9-19-17(11-14)22(24(28)29)16-8-4-12-10-13(5-7-15(12)23(16)27-19)21-18(26)2-1-3-20(21)30/h1-3,5-7,9-11H,4,8,30H2,(H,28,29). The number of carboxylic acid groups (broad SMARTS) is 1. The third kappa shape index (κ3) is 2.89. The van der Waals surface area contributed by atoms with Gasteiger partial charge in [0, 0.05) is 16.5 Å². The van der Waals surface area contributed by atoms with Crippen molar-refractivity contribution >= 4 is 31.4 Å². The van der Waals surface area contributed by atoms with Gasteiger partial charge in [0.05, 0.1) is 16.8 Å². The third-order valence-corrected chi connectivity index (χ3v) is 6.08. The molecule has 5 rings (SSSR count). The molecule has 30 heavy (non-hydrogen) atoms. The first-order valence-electron chi connectivity index (χ1n) is 9.47. The van der Waals surface area contributed by atoms with E-state index < -0.39 is 11.8 Å². The highest BCUT2D eigenvalue weighted by atomic mass is 31.0. The number of aromatic nitrogens is 1. The molecule has 0 radical (unpaired) electrons. The Balaban J connectivity index is 1.74. The summed E-state index contributed by atoms with van der Waals surface area (Å²) < 4.78 is 28.2. The van der Waals surface area contributed by atoms with Gasteiger partial charge in [0.1, 0.15) is 11.6 Å².